The predicted octanol–water partition coefficient (Wildman–Crippen LogP) is 6.04. The second-order valence-electron chi connectivity index (χ2n) is 8.61. The Morgan fingerprint density at radius 1 is 1.12 bits per heavy atom. The molecule has 32 heavy (non-hydrogen) atoms. The lowest BCUT2D eigenvalue weighted by atomic mass is 9.87. The van der Waals surface area contributed by atoms with Crippen molar-refractivity contribution in [2.75, 3.05) is 5.32 Å². The van der Waals surface area contributed by atoms with Crippen molar-refractivity contribution in [3.63, 3.8) is 0 Å². The van der Waals surface area contributed by atoms with Crippen LogP contribution in [0.4, 0.5) is 14.5 Å². The van der Waals surface area contributed by atoms with Crippen LogP contribution in [-0.4, -0.2) is 16.6 Å². The Labute approximate surface area is 185 Å². The summed E-state index contributed by atoms with van der Waals surface area (Å²) >= 11 is 0. The van der Waals surface area contributed by atoms with E-state index in [1.165, 1.54) is 6.07 Å². The van der Waals surface area contributed by atoms with Crippen LogP contribution in [0.15, 0.2) is 54.6 Å². The van der Waals surface area contributed by atoms with E-state index in [1.54, 1.807) is 12.1 Å². The Morgan fingerprint density at radius 3 is 2.41 bits per heavy atom. The number of nitrogens with one attached hydrogen (secondary N) is 1. The van der Waals surface area contributed by atoms with Gasteiger partial charge in [0.05, 0.1) is 6.10 Å². The molecule has 0 saturated heterocycles. The number of anilines is 1. The number of carbonyl (C=O) groups is 1. The Bertz CT molecular complexity index is 1150. The Balaban J connectivity index is 1.62. The van der Waals surface area contributed by atoms with Crippen molar-refractivity contribution in [1.82, 2.24) is 0 Å². The van der Waals surface area contributed by atoms with Gasteiger partial charge in [0.1, 0.15) is 28.5 Å². The molecule has 0 fully saturated rings. The first-order valence-corrected chi connectivity index (χ1v) is 10.6. The number of fused-ring (bicyclic) bond motifs is 1. The van der Waals surface area contributed by atoms with E-state index < -0.39 is 34.8 Å². The van der Waals surface area contributed by atoms with Gasteiger partial charge in [-0.25, -0.2) is 8.78 Å². The molecule has 1 heterocycles. The number of aliphatic hydroxyl groups is 1. The summed E-state index contributed by atoms with van der Waals surface area (Å²) in [4.78, 5) is 12.3. The summed E-state index contributed by atoms with van der Waals surface area (Å²) in [6.07, 6.45) is 0.716. The van der Waals surface area contributed by atoms with Gasteiger partial charge in [-0.3, -0.25) is 4.79 Å². The summed E-state index contributed by atoms with van der Waals surface area (Å²) in [7, 11) is 0. The Hall–Kier alpha value is -3.25. The largest absolute Gasteiger partial charge is 0.487 e. The average molecular weight is 437 g/mol. The van der Waals surface area contributed by atoms with E-state index in [4.69, 9.17) is 4.74 Å². The first kappa shape index (κ1) is 22.0. The molecule has 1 atom stereocenters. The summed E-state index contributed by atoms with van der Waals surface area (Å²) in [5.41, 5.74) is 3.07. The number of carbonyl (C=O) groups excluding carboxylic acids is 1. The number of hydrogen-bond acceptors (Lipinski definition) is 3. The predicted molar refractivity (Wildman–Crippen MR) is 120 cm³/mol. The maximum atomic E-state index is 13.9. The first-order chi connectivity index (χ1) is 15.2. The van der Waals surface area contributed by atoms with Crippen LogP contribution >= 0.6 is 0 Å². The Morgan fingerprint density at radius 2 is 1.78 bits per heavy atom. The van der Waals surface area contributed by atoms with Gasteiger partial charge in [0, 0.05) is 17.7 Å². The smallest absolute Gasteiger partial charge is 0.261 e. The highest BCUT2D eigenvalue weighted by molar-refractivity contribution is 6.04. The van der Waals surface area contributed by atoms with Crippen molar-refractivity contribution in [2.24, 2.45) is 0 Å². The highest BCUT2D eigenvalue weighted by Crippen LogP contribution is 2.43. The van der Waals surface area contributed by atoms with Gasteiger partial charge in [-0.15, -0.1) is 0 Å². The SMILES string of the molecule is CCc1cc2c(cc1-c1ccc(NC(=O)c3c(F)cccc3F)cc1)OC(C)(C)CC2O. The van der Waals surface area contributed by atoms with E-state index in [0.29, 0.717) is 17.9 Å². The van der Waals surface area contributed by atoms with E-state index in [2.05, 4.69) is 5.32 Å². The van der Waals surface area contributed by atoms with Crippen LogP contribution in [0.2, 0.25) is 0 Å². The van der Waals surface area contributed by atoms with E-state index in [1.807, 2.05) is 45.0 Å². The molecular formula is C26H25F2NO3. The fourth-order valence-electron chi connectivity index (χ4n) is 4.11. The molecular weight excluding hydrogens is 412 g/mol. The summed E-state index contributed by atoms with van der Waals surface area (Å²) in [5.74, 6) is -2.01. The van der Waals surface area contributed by atoms with E-state index in [-0.39, 0.29) is 0 Å². The third-order valence-electron chi connectivity index (χ3n) is 5.69. The number of rotatable bonds is 4. The van der Waals surface area contributed by atoms with Gasteiger partial charge < -0.3 is 15.2 Å². The normalized spacial score (nSPS) is 16.8. The first-order valence-electron chi connectivity index (χ1n) is 10.6. The van der Waals surface area contributed by atoms with Crippen molar-refractivity contribution < 1.29 is 23.4 Å². The van der Waals surface area contributed by atoms with Crippen molar-refractivity contribution in [3.8, 4) is 16.9 Å². The van der Waals surface area contributed by atoms with E-state index in [9.17, 15) is 18.7 Å². The molecule has 3 aromatic rings. The maximum absolute atomic E-state index is 13.9. The fourth-order valence-corrected chi connectivity index (χ4v) is 4.11. The van der Waals surface area contributed by atoms with Crippen LogP contribution in [0.25, 0.3) is 11.1 Å². The van der Waals surface area contributed by atoms with Crippen molar-refractivity contribution in [2.45, 2.75) is 45.3 Å². The average Bonchev–Trinajstić information content (AvgIpc) is 2.72. The highest BCUT2D eigenvalue weighted by Gasteiger charge is 2.33. The minimum Gasteiger partial charge on any atom is -0.487 e. The molecule has 1 aliphatic heterocycles. The molecule has 4 nitrogen and oxygen atoms in total. The summed E-state index contributed by atoms with van der Waals surface area (Å²) in [5, 5.41) is 13.1. The molecule has 0 spiro atoms. The Kier molecular flexibility index (Phi) is 5.73. The lowest BCUT2D eigenvalue weighted by Crippen LogP contribution is -2.34. The van der Waals surface area contributed by atoms with Crippen LogP contribution in [0.1, 0.15) is 54.8 Å². The molecule has 2 N–H and O–H groups in total. The van der Waals surface area contributed by atoms with Crippen molar-refractivity contribution >= 4 is 11.6 Å². The molecule has 0 saturated carbocycles. The van der Waals surface area contributed by atoms with Gasteiger partial charge in [-0.2, -0.15) is 0 Å². The monoisotopic (exact) mass is 437 g/mol. The van der Waals surface area contributed by atoms with Gasteiger partial charge in [0.15, 0.2) is 0 Å². The number of benzene rings is 3. The van der Waals surface area contributed by atoms with Crippen LogP contribution in [0, 0.1) is 11.6 Å². The van der Waals surface area contributed by atoms with Gasteiger partial charge in [0.25, 0.3) is 5.91 Å². The minimum atomic E-state index is -0.911. The molecule has 0 aliphatic carbocycles. The number of ether oxygens (including phenoxy) is 1. The molecule has 0 aromatic heterocycles. The standard InChI is InChI=1S/C26H25F2NO3/c1-4-15-12-19-22(30)14-26(2,3)32-23(19)13-18(15)16-8-10-17(11-9-16)29-25(31)24-20(27)6-5-7-21(24)28/h5-13,22,30H,4,14H2,1-3H3,(H,29,31). The number of aryl methyl sites for hydroxylation is 1. The van der Waals surface area contributed by atoms with Crippen molar-refractivity contribution in [1.29, 1.82) is 0 Å². The number of aliphatic hydroxyl groups excluding tert-OH is 1. The number of halogens is 2. The number of amides is 1. The fraction of sp³-hybridized carbons (Fsp3) is 0.269. The molecule has 1 unspecified atom stereocenters. The molecule has 3 aromatic carbocycles. The lowest BCUT2D eigenvalue weighted by molar-refractivity contribution is 0.0115. The lowest BCUT2D eigenvalue weighted by Gasteiger charge is -2.36. The van der Waals surface area contributed by atoms with Gasteiger partial charge >= 0.3 is 0 Å². The van der Waals surface area contributed by atoms with Gasteiger partial charge in [0.2, 0.25) is 0 Å². The molecule has 4 rings (SSSR count). The zero-order valence-corrected chi connectivity index (χ0v) is 18.2. The zero-order valence-electron chi connectivity index (χ0n) is 18.2. The third-order valence-corrected chi connectivity index (χ3v) is 5.69. The van der Waals surface area contributed by atoms with Crippen molar-refractivity contribution in [3.05, 3.63) is 82.9 Å². The molecule has 6 heteroatoms. The maximum Gasteiger partial charge on any atom is 0.261 e. The summed E-state index contributed by atoms with van der Waals surface area (Å²) < 4.78 is 33.8. The second kappa shape index (κ2) is 8.36. The highest BCUT2D eigenvalue weighted by atomic mass is 19.1. The van der Waals surface area contributed by atoms with E-state index in [0.717, 1.165) is 40.8 Å². The topological polar surface area (TPSA) is 58.6 Å². The van der Waals surface area contributed by atoms with Gasteiger partial charge in [-0.1, -0.05) is 25.1 Å². The molecule has 1 aliphatic rings. The van der Waals surface area contributed by atoms with Crippen LogP contribution in [0.3, 0.4) is 0 Å². The molecule has 0 radical (unpaired) electrons. The van der Waals surface area contributed by atoms with Gasteiger partial charge in [-0.05, 0) is 73.4 Å². The van der Waals surface area contributed by atoms with E-state index >= 15 is 0 Å². The third kappa shape index (κ3) is 4.23. The van der Waals surface area contributed by atoms with Crippen LogP contribution < -0.4 is 10.1 Å². The second-order valence-corrected chi connectivity index (χ2v) is 8.61. The zero-order chi connectivity index (χ0) is 23.0. The summed E-state index contributed by atoms with van der Waals surface area (Å²) in [6.45, 7) is 5.94. The minimum absolute atomic E-state index is 0.421. The molecule has 166 valence electrons. The number of hydrogen-bond donors (Lipinski definition) is 2. The quantitative estimate of drug-likeness (QED) is 0.523. The molecule has 0 bridgehead atoms. The summed E-state index contributed by atoms with van der Waals surface area (Å²) in [6, 6.07) is 14.3. The van der Waals surface area contributed by atoms with Crippen LogP contribution in [0.5, 0.6) is 5.75 Å². The van der Waals surface area contributed by atoms with Crippen LogP contribution in [-0.2, 0) is 6.42 Å². The molecule has 1 amide bonds.